The SMILES string of the molecule is CCNCC1CCC(C)(C)CC1Cc1ccccc1C. The van der Waals surface area contributed by atoms with Gasteiger partial charge in [0.05, 0.1) is 0 Å². The molecule has 1 nitrogen and oxygen atoms in total. The fraction of sp³-hybridized carbons (Fsp3) is 0.684. The molecule has 1 fully saturated rings. The first-order chi connectivity index (χ1) is 9.52. The van der Waals surface area contributed by atoms with Crippen molar-refractivity contribution < 1.29 is 0 Å². The average Bonchev–Trinajstić information content (AvgIpc) is 2.40. The number of rotatable bonds is 5. The highest BCUT2D eigenvalue weighted by molar-refractivity contribution is 5.26. The van der Waals surface area contributed by atoms with Crippen LogP contribution in [0.15, 0.2) is 24.3 Å². The minimum atomic E-state index is 0.524. The Morgan fingerprint density at radius 3 is 2.65 bits per heavy atom. The van der Waals surface area contributed by atoms with Crippen LogP contribution < -0.4 is 5.32 Å². The van der Waals surface area contributed by atoms with Crippen LogP contribution in [0.2, 0.25) is 0 Å². The molecule has 2 unspecified atom stereocenters. The van der Waals surface area contributed by atoms with Crippen LogP contribution in [0, 0.1) is 24.2 Å². The highest BCUT2D eigenvalue weighted by Crippen LogP contribution is 2.43. The van der Waals surface area contributed by atoms with Gasteiger partial charge in [0, 0.05) is 0 Å². The van der Waals surface area contributed by atoms with Crippen molar-refractivity contribution in [2.45, 2.75) is 53.4 Å². The molecule has 1 aromatic carbocycles. The molecular formula is C19H31N. The van der Waals surface area contributed by atoms with Crippen LogP contribution in [0.25, 0.3) is 0 Å². The second-order valence-electron chi connectivity index (χ2n) is 7.37. The third-order valence-corrected chi connectivity index (χ3v) is 5.07. The molecule has 1 aromatic rings. The summed E-state index contributed by atoms with van der Waals surface area (Å²) in [6.07, 6.45) is 5.40. The molecule has 1 N–H and O–H groups in total. The lowest BCUT2D eigenvalue weighted by Gasteiger charge is -2.41. The van der Waals surface area contributed by atoms with Gasteiger partial charge >= 0.3 is 0 Å². The van der Waals surface area contributed by atoms with Gasteiger partial charge in [-0.25, -0.2) is 0 Å². The Labute approximate surface area is 125 Å². The zero-order valence-corrected chi connectivity index (χ0v) is 13.7. The highest BCUT2D eigenvalue weighted by atomic mass is 14.8. The molecule has 0 bridgehead atoms. The summed E-state index contributed by atoms with van der Waals surface area (Å²) in [4.78, 5) is 0. The molecule has 1 heteroatoms. The summed E-state index contributed by atoms with van der Waals surface area (Å²) in [5.74, 6) is 1.68. The smallest absolute Gasteiger partial charge is 0.00179 e. The fourth-order valence-electron chi connectivity index (χ4n) is 3.75. The summed E-state index contributed by atoms with van der Waals surface area (Å²) >= 11 is 0. The molecule has 0 amide bonds. The molecule has 0 aromatic heterocycles. The molecule has 1 saturated carbocycles. The van der Waals surface area contributed by atoms with Gasteiger partial charge in [-0.3, -0.25) is 0 Å². The second-order valence-corrected chi connectivity index (χ2v) is 7.37. The van der Waals surface area contributed by atoms with Crippen molar-refractivity contribution in [3.63, 3.8) is 0 Å². The van der Waals surface area contributed by atoms with Gasteiger partial charge in [0.2, 0.25) is 0 Å². The molecule has 2 rings (SSSR count). The molecule has 0 saturated heterocycles. The van der Waals surface area contributed by atoms with Crippen molar-refractivity contribution in [3.05, 3.63) is 35.4 Å². The van der Waals surface area contributed by atoms with E-state index >= 15 is 0 Å². The van der Waals surface area contributed by atoms with Gasteiger partial charge in [-0.1, -0.05) is 45.0 Å². The van der Waals surface area contributed by atoms with Crippen molar-refractivity contribution in [2.24, 2.45) is 17.3 Å². The standard InChI is InChI=1S/C19H31N/c1-5-20-14-17-10-11-19(3,4)13-18(17)12-16-9-7-6-8-15(16)2/h6-9,17-18,20H,5,10-14H2,1-4H3. The summed E-state index contributed by atoms with van der Waals surface area (Å²) in [5, 5.41) is 3.58. The number of hydrogen-bond acceptors (Lipinski definition) is 1. The predicted octanol–water partition coefficient (Wildman–Crippen LogP) is 4.59. The number of hydrogen-bond donors (Lipinski definition) is 1. The lowest BCUT2D eigenvalue weighted by molar-refractivity contribution is 0.116. The summed E-state index contributed by atoms with van der Waals surface area (Å²) < 4.78 is 0. The van der Waals surface area contributed by atoms with E-state index in [0.29, 0.717) is 5.41 Å². The van der Waals surface area contributed by atoms with Crippen LogP contribution in [0.4, 0.5) is 0 Å². The van der Waals surface area contributed by atoms with Crippen LogP contribution in [-0.4, -0.2) is 13.1 Å². The van der Waals surface area contributed by atoms with Crippen LogP contribution in [0.1, 0.15) is 51.2 Å². The Morgan fingerprint density at radius 2 is 1.95 bits per heavy atom. The zero-order chi connectivity index (χ0) is 14.6. The van der Waals surface area contributed by atoms with E-state index in [0.717, 1.165) is 18.4 Å². The van der Waals surface area contributed by atoms with Crippen molar-refractivity contribution in [2.75, 3.05) is 13.1 Å². The van der Waals surface area contributed by atoms with Crippen molar-refractivity contribution in [1.29, 1.82) is 0 Å². The molecule has 1 aliphatic carbocycles. The van der Waals surface area contributed by atoms with Crippen molar-refractivity contribution in [3.8, 4) is 0 Å². The summed E-state index contributed by atoms with van der Waals surface area (Å²) in [6, 6.07) is 8.92. The Morgan fingerprint density at radius 1 is 1.20 bits per heavy atom. The van der Waals surface area contributed by atoms with E-state index in [-0.39, 0.29) is 0 Å². The van der Waals surface area contributed by atoms with Crippen LogP contribution in [-0.2, 0) is 6.42 Å². The average molecular weight is 273 g/mol. The maximum Gasteiger partial charge on any atom is -0.00179 e. The maximum absolute atomic E-state index is 3.58. The van der Waals surface area contributed by atoms with Gasteiger partial charge in [0.15, 0.2) is 0 Å². The van der Waals surface area contributed by atoms with E-state index in [1.807, 2.05) is 0 Å². The first kappa shape index (κ1) is 15.6. The molecule has 0 spiro atoms. The summed E-state index contributed by atoms with van der Waals surface area (Å²) in [7, 11) is 0. The number of benzene rings is 1. The topological polar surface area (TPSA) is 12.0 Å². The van der Waals surface area contributed by atoms with E-state index in [9.17, 15) is 0 Å². The highest BCUT2D eigenvalue weighted by Gasteiger charge is 2.34. The Bertz CT molecular complexity index is 422. The minimum absolute atomic E-state index is 0.524. The van der Waals surface area contributed by atoms with Crippen molar-refractivity contribution in [1.82, 2.24) is 5.32 Å². The van der Waals surface area contributed by atoms with Crippen LogP contribution >= 0.6 is 0 Å². The maximum atomic E-state index is 3.58. The molecule has 0 heterocycles. The lowest BCUT2D eigenvalue weighted by Crippen LogP contribution is -2.37. The van der Waals surface area contributed by atoms with Gasteiger partial charge in [-0.2, -0.15) is 0 Å². The molecule has 0 radical (unpaired) electrons. The third-order valence-electron chi connectivity index (χ3n) is 5.07. The lowest BCUT2D eigenvalue weighted by atomic mass is 9.65. The molecule has 112 valence electrons. The van der Waals surface area contributed by atoms with Crippen molar-refractivity contribution >= 4 is 0 Å². The van der Waals surface area contributed by atoms with Crippen LogP contribution in [0.5, 0.6) is 0 Å². The predicted molar refractivity (Wildman–Crippen MR) is 88.0 cm³/mol. The van der Waals surface area contributed by atoms with E-state index in [1.54, 1.807) is 5.56 Å². The largest absolute Gasteiger partial charge is 0.317 e. The van der Waals surface area contributed by atoms with Crippen LogP contribution in [0.3, 0.4) is 0 Å². The number of nitrogens with one attached hydrogen (secondary N) is 1. The van der Waals surface area contributed by atoms with E-state index in [1.165, 1.54) is 37.8 Å². The minimum Gasteiger partial charge on any atom is -0.317 e. The summed E-state index contributed by atoms with van der Waals surface area (Å²) in [5.41, 5.74) is 3.53. The van der Waals surface area contributed by atoms with Gasteiger partial charge < -0.3 is 5.32 Å². The fourth-order valence-corrected chi connectivity index (χ4v) is 3.75. The monoisotopic (exact) mass is 273 g/mol. The molecular weight excluding hydrogens is 242 g/mol. The normalized spacial score (nSPS) is 25.6. The first-order valence-electron chi connectivity index (χ1n) is 8.27. The molecule has 1 aliphatic rings. The molecule has 20 heavy (non-hydrogen) atoms. The van der Waals surface area contributed by atoms with E-state index < -0.39 is 0 Å². The quantitative estimate of drug-likeness (QED) is 0.827. The Hall–Kier alpha value is -0.820. The van der Waals surface area contributed by atoms with Gasteiger partial charge in [-0.05, 0) is 74.1 Å². The Kier molecular flexibility index (Phi) is 5.26. The van der Waals surface area contributed by atoms with Gasteiger partial charge in [0.25, 0.3) is 0 Å². The number of aryl methyl sites for hydroxylation is 1. The molecule has 0 aliphatic heterocycles. The summed E-state index contributed by atoms with van der Waals surface area (Å²) in [6.45, 7) is 11.6. The Balaban J connectivity index is 2.08. The van der Waals surface area contributed by atoms with Gasteiger partial charge in [-0.15, -0.1) is 0 Å². The zero-order valence-electron chi connectivity index (χ0n) is 13.7. The third kappa shape index (κ3) is 4.09. The van der Waals surface area contributed by atoms with Gasteiger partial charge in [0.1, 0.15) is 0 Å². The van der Waals surface area contributed by atoms with E-state index in [2.05, 4.69) is 57.3 Å². The van der Waals surface area contributed by atoms with E-state index in [4.69, 9.17) is 0 Å². The first-order valence-corrected chi connectivity index (χ1v) is 8.27. The molecule has 2 atom stereocenters. The second kappa shape index (κ2) is 6.76.